The summed E-state index contributed by atoms with van der Waals surface area (Å²) in [5.41, 5.74) is 3.70. The molecule has 3 rings (SSSR count). The fraction of sp³-hybridized carbons (Fsp3) is 0.294. The molecule has 1 N–H and O–H groups in total. The van der Waals surface area contributed by atoms with Crippen LogP contribution < -0.4 is 0 Å². The monoisotopic (exact) mass is 299 g/mol. The summed E-state index contributed by atoms with van der Waals surface area (Å²) in [6.07, 6.45) is 0. The average molecular weight is 299 g/mol. The lowest BCUT2D eigenvalue weighted by Gasteiger charge is -2.25. The first-order chi connectivity index (χ1) is 9.88. The third-order valence-corrected chi connectivity index (χ3v) is 4.69. The molecule has 1 aromatic carbocycles. The summed E-state index contributed by atoms with van der Waals surface area (Å²) in [5, 5.41) is 9.48. The summed E-state index contributed by atoms with van der Waals surface area (Å²) in [6.45, 7) is 5.99. The Labute approximate surface area is 128 Å². The molecule has 0 radical (unpaired) electrons. The van der Waals surface area contributed by atoms with E-state index in [9.17, 15) is 9.90 Å². The molecule has 21 heavy (non-hydrogen) atoms. The highest BCUT2D eigenvalue weighted by Gasteiger charge is 2.28. The van der Waals surface area contributed by atoms with Gasteiger partial charge in [0.2, 0.25) is 0 Å². The number of rotatable bonds is 1. The number of carboxylic acid groups (broad SMARTS) is 1. The van der Waals surface area contributed by atoms with Gasteiger partial charge in [0.05, 0.1) is 17.0 Å². The molecule has 3 nitrogen and oxygen atoms in total. The van der Waals surface area contributed by atoms with E-state index in [4.69, 9.17) is 4.98 Å². The first-order valence-electron chi connectivity index (χ1n) is 6.88. The van der Waals surface area contributed by atoms with Gasteiger partial charge in [-0.25, -0.2) is 4.79 Å². The standard InChI is InChI=1S/C17H17NO2S/c1-17(2,3)15-12(16(19)20)8-10-9-21-13-7-5-4-6-11(13)14(10)18-15/h4-8H,9H2,1-3H3,(H,19,20). The van der Waals surface area contributed by atoms with E-state index in [2.05, 4.69) is 12.1 Å². The Morgan fingerprint density at radius 3 is 2.67 bits per heavy atom. The van der Waals surface area contributed by atoms with Gasteiger partial charge >= 0.3 is 5.97 Å². The lowest BCUT2D eigenvalue weighted by atomic mass is 9.87. The fourth-order valence-corrected chi connectivity index (χ4v) is 3.60. The molecule has 1 aromatic heterocycles. The maximum absolute atomic E-state index is 11.6. The Balaban J connectivity index is 2.29. The summed E-state index contributed by atoms with van der Waals surface area (Å²) in [5.74, 6) is -0.136. The second-order valence-corrected chi connectivity index (χ2v) is 7.25. The molecule has 0 amide bonds. The molecule has 1 aliphatic rings. The number of thioether (sulfide) groups is 1. The molecule has 2 heterocycles. The zero-order valence-electron chi connectivity index (χ0n) is 12.3. The number of hydrogen-bond acceptors (Lipinski definition) is 3. The van der Waals surface area contributed by atoms with Gasteiger partial charge in [-0.3, -0.25) is 4.98 Å². The van der Waals surface area contributed by atoms with E-state index in [0.717, 1.165) is 22.6 Å². The smallest absolute Gasteiger partial charge is 0.337 e. The van der Waals surface area contributed by atoms with E-state index in [0.29, 0.717) is 11.3 Å². The zero-order chi connectivity index (χ0) is 15.2. The summed E-state index contributed by atoms with van der Waals surface area (Å²) in [6, 6.07) is 9.96. The Morgan fingerprint density at radius 1 is 1.29 bits per heavy atom. The normalized spacial score (nSPS) is 13.5. The van der Waals surface area contributed by atoms with Crippen LogP contribution in [0.15, 0.2) is 35.2 Å². The molecular formula is C17H17NO2S. The van der Waals surface area contributed by atoms with Crippen LogP contribution in [0.4, 0.5) is 0 Å². The highest BCUT2D eigenvalue weighted by molar-refractivity contribution is 7.98. The van der Waals surface area contributed by atoms with E-state index in [1.165, 1.54) is 4.90 Å². The van der Waals surface area contributed by atoms with E-state index in [1.807, 2.05) is 32.9 Å². The number of carbonyl (C=O) groups is 1. The highest BCUT2D eigenvalue weighted by Crippen LogP contribution is 2.42. The summed E-state index contributed by atoms with van der Waals surface area (Å²) < 4.78 is 0. The van der Waals surface area contributed by atoms with Gasteiger partial charge in [0.1, 0.15) is 0 Å². The van der Waals surface area contributed by atoms with Gasteiger partial charge in [-0.2, -0.15) is 0 Å². The summed E-state index contributed by atoms with van der Waals surface area (Å²) >= 11 is 1.73. The maximum Gasteiger partial charge on any atom is 0.337 e. The molecule has 2 aromatic rings. The van der Waals surface area contributed by atoms with Crippen LogP contribution >= 0.6 is 11.8 Å². The average Bonchev–Trinajstić information content (AvgIpc) is 2.44. The van der Waals surface area contributed by atoms with Crippen LogP contribution in [0.25, 0.3) is 11.3 Å². The minimum atomic E-state index is -0.904. The van der Waals surface area contributed by atoms with Gasteiger partial charge in [0.25, 0.3) is 0 Å². The van der Waals surface area contributed by atoms with E-state index in [-0.39, 0.29) is 5.41 Å². The van der Waals surface area contributed by atoms with Crippen molar-refractivity contribution >= 4 is 17.7 Å². The van der Waals surface area contributed by atoms with Crippen molar-refractivity contribution in [3.63, 3.8) is 0 Å². The molecule has 0 fully saturated rings. The van der Waals surface area contributed by atoms with E-state index < -0.39 is 5.97 Å². The topological polar surface area (TPSA) is 50.2 Å². The molecule has 0 spiro atoms. The molecule has 4 heteroatoms. The van der Waals surface area contributed by atoms with E-state index >= 15 is 0 Å². The predicted octanol–water partition coefficient (Wildman–Crippen LogP) is 4.35. The number of nitrogens with zero attached hydrogens (tertiary/aromatic N) is 1. The third kappa shape index (κ3) is 2.44. The number of aromatic nitrogens is 1. The second kappa shape index (κ2) is 4.88. The lowest BCUT2D eigenvalue weighted by molar-refractivity contribution is 0.0693. The van der Waals surface area contributed by atoms with Crippen molar-refractivity contribution in [3.8, 4) is 11.3 Å². The van der Waals surface area contributed by atoms with Crippen LogP contribution in [0, 0.1) is 0 Å². The first-order valence-corrected chi connectivity index (χ1v) is 7.86. The molecule has 0 saturated heterocycles. The van der Waals surface area contributed by atoms with E-state index in [1.54, 1.807) is 17.8 Å². The number of hydrogen-bond donors (Lipinski definition) is 1. The summed E-state index contributed by atoms with van der Waals surface area (Å²) in [7, 11) is 0. The van der Waals surface area contributed by atoms with Crippen molar-refractivity contribution in [1.29, 1.82) is 0 Å². The highest BCUT2D eigenvalue weighted by atomic mass is 32.2. The minimum absolute atomic E-state index is 0.303. The van der Waals surface area contributed by atoms with Gasteiger partial charge in [0.15, 0.2) is 0 Å². The van der Waals surface area contributed by atoms with Crippen molar-refractivity contribution in [2.75, 3.05) is 0 Å². The number of benzene rings is 1. The number of aromatic carboxylic acids is 1. The van der Waals surface area contributed by atoms with Crippen LogP contribution in [-0.4, -0.2) is 16.1 Å². The van der Waals surface area contributed by atoms with Crippen molar-refractivity contribution in [3.05, 3.63) is 47.2 Å². The Kier molecular flexibility index (Phi) is 3.29. The van der Waals surface area contributed by atoms with Gasteiger partial charge in [0, 0.05) is 21.6 Å². The molecule has 0 atom stereocenters. The Morgan fingerprint density at radius 2 is 2.00 bits per heavy atom. The molecular weight excluding hydrogens is 282 g/mol. The zero-order valence-corrected chi connectivity index (χ0v) is 13.1. The van der Waals surface area contributed by atoms with Crippen LogP contribution in [0.2, 0.25) is 0 Å². The number of pyridine rings is 1. The number of carboxylic acids is 1. The molecule has 0 saturated carbocycles. The molecule has 1 aliphatic heterocycles. The molecule has 0 aliphatic carbocycles. The van der Waals surface area contributed by atoms with Crippen molar-refractivity contribution in [2.24, 2.45) is 0 Å². The Hall–Kier alpha value is -1.81. The fourth-order valence-electron chi connectivity index (χ4n) is 2.58. The van der Waals surface area contributed by atoms with Crippen LogP contribution in [0.3, 0.4) is 0 Å². The second-order valence-electron chi connectivity index (χ2n) is 6.23. The predicted molar refractivity (Wildman–Crippen MR) is 84.9 cm³/mol. The van der Waals surface area contributed by atoms with Crippen molar-refractivity contribution in [2.45, 2.75) is 36.8 Å². The number of fused-ring (bicyclic) bond motifs is 3. The molecule has 108 valence electrons. The maximum atomic E-state index is 11.6. The van der Waals surface area contributed by atoms with Crippen LogP contribution in [0.5, 0.6) is 0 Å². The lowest BCUT2D eigenvalue weighted by Crippen LogP contribution is -2.21. The molecule has 0 unspecified atom stereocenters. The quantitative estimate of drug-likeness (QED) is 0.850. The van der Waals surface area contributed by atoms with Crippen molar-refractivity contribution < 1.29 is 9.90 Å². The van der Waals surface area contributed by atoms with Crippen molar-refractivity contribution in [1.82, 2.24) is 4.98 Å². The summed E-state index contributed by atoms with van der Waals surface area (Å²) in [4.78, 5) is 17.5. The largest absolute Gasteiger partial charge is 0.478 e. The molecule has 0 bridgehead atoms. The van der Waals surface area contributed by atoms with Gasteiger partial charge in [-0.15, -0.1) is 11.8 Å². The van der Waals surface area contributed by atoms with Gasteiger partial charge in [-0.1, -0.05) is 39.0 Å². The third-order valence-electron chi connectivity index (χ3n) is 3.57. The van der Waals surface area contributed by atoms with Gasteiger partial charge < -0.3 is 5.11 Å². The Bertz CT molecular complexity index is 732. The SMILES string of the molecule is CC(C)(C)c1nc2c(cc1C(=O)O)CSc1ccccc1-2. The minimum Gasteiger partial charge on any atom is -0.478 e. The van der Waals surface area contributed by atoms with Crippen LogP contribution in [0.1, 0.15) is 42.4 Å². The van der Waals surface area contributed by atoms with Gasteiger partial charge in [-0.05, 0) is 17.7 Å². The first kappa shape index (κ1) is 14.1. The van der Waals surface area contributed by atoms with Crippen LogP contribution in [-0.2, 0) is 11.2 Å².